The number of carbonyl (C=O) groups excluding carboxylic acids is 2. The van der Waals surface area contributed by atoms with Crippen LogP contribution in [0.2, 0.25) is 0 Å². The maximum absolute atomic E-state index is 13.0. The van der Waals surface area contributed by atoms with Gasteiger partial charge in [-0.25, -0.2) is 18.2 Å². The quantitative estimate of drug-likeness (QED) is 0.321. The molecule has 0 aliphatic heterocycles. The molecule has 1 heterocycles. The van der Waals surface area contributed by atoms with Crippen molar-refractivity contribution in [2.45, 2.75) is 49.7 Å². The summed E-state index contributed by atoms with van der Waals surface area (Å²) in [6.07, 6.45) is 4.97. The lowest BCUT2D eigenvalue weighted by Crippen LogP contribution is -2.22. The summed E-state index contributed by atoms with van der Waals surface area (Å²) in [5, 5.41) is 14.4. The molecular formula is C26H27N3O6S2. The van der Waals surface area contributed by atoms with Crippen LogP contribution in [0.4, 0.5) is 15.6 Å². The van der Waals surface area contributed by atoms with E-state index in [0.29, 0.717) is 21.7 Å². The van der Waals surface area contributed by atoms with Crippen LogP contribution in [0.15, 0.2) is 53.6 Å². The molecule has 3 N–H and O–H groups in total. The number of amides is 2. The number of carboxylic acid groups (broad SMARTS) is 1. The number of rotatable bonds is 9. The molecule has 0 bridgehead atoms. The summed E-state index contributed by atoms with van der Waals surface area (Å²) in [6.45, 7) is 1.89. The van der Waals surface area contributed by atoms with E-state index in [2.05, 4.69) is 15.6 Å². The van der Waals surface area contributed by atoms with Crippen molar-refractivity contribution in [2.75, 3.05) is 10.6 Å². The summed E-state index contributed by atoms with van der Waals surface area (Å²) in [6, 6.07) is 10.4. The molecule has 1 aliphatic carbocycles. The molecule has 0 unspecified atom stereocenters. The Balaban J connectivity index is 1.40. The summed E-state index contributed by atoms with van der Waals surface area (Å²) in [4.78, 5) is 41.1. The van der Waals surface area contributed by atoms with Gasteiger partial charge in [0, 0.05) is 22.6 Å². The molecule has 2 amide bonds. The number of carbonyl (C=O) groups is 3. The van der Waals surface area contributed by atoms with Crippen LogP contribution in [-0.2, 0) is 26.8 Å². The van der Waals surface area contributed by atoms with E-state index in [4.69, 9.17) is 5.11 Å². The van der Waals surface area contributed by atoms with Crippen molar-refractivity contribution in [3.63, 3.8) is 0 Å². The van der Waals surface area contributed by atoms with Gasteiger partial charge >= 0.3 is 12.0 Å². The Morgan fingerprint density at radius 2 is 1.76 bits per heavy atom. The van der Waals surface area contributed by atoms with Gasteiger partial charge in [0.1, 0.15) is 0 Å². The number of sulfone groups is 1. The molecule has 3 aromatic rings. The van der Waals surface area contributed by atoms with Crippen molar-refractivity contribution in [3.05, 3.63) is 70.2 Å². The predicted octanol–water partition coefficient (Wildman–Crippen LogP) is 5.07. The van der Waals surface area contributed by atoms with Gasteiger partial charge in [-0.1, -0.05) is 36.6 Å². The van der Waals surface area contributed by atoms with Gasteiger partial charge < -0.3 is 10.4 Å². The number of thiazole rings is 1. The van der Waals surface area contributed by atoms with Crippen LogP contribution in [0.5, 0.6) is 0 Å². The van der Waals surface area contributed by atoms with E-state index in [0.717, 1.165) is 42.6 Å². The number of ketones is 1. The van der Waals surface area contributed by atoms with E-state index < -0.39 is 21.8 Å². The van der Waals surface area contributed by atoms with E-state index >= 15 is 0 Å². The highest BCUT2D eigenvalue weighted by molar-refractivity contribution is 7.90. The highest BCUT2D eigenvalue weighted by Gasteiger charge is 2.26. The van der Waals surface area contributed by atoms with Crippen LogP contribution >= 0.6 is 11.3 Å². The maximum atomic E-state index is 13.0. The number of aryl methyl sites for hydroxylation is 1. The minimum atomic E-state index is -3.69. The van der Waals surface area contributed by atoms with Crippen LogP contribution in [-0.4, -0.2) is 36.3 Å². The molecule has 37 heavy (non-hydrogen) atoms. The first-order chi connectivity index (χ1) is 17.6. The first-order valence-electron chi connectivity index (χ1n) is 11.8. The smallest absolute Gasteiger partial charge is 0.325 e. The Morgan fingerprint density at radius 3 is 2.43 bits per heavy atom. The van der Waals surface area contributed by atoms with E-state index in [9.17, 15) is 22.8 Å². The monoisotopic (exact) mass is 541 g/mol. The Morgan fingerprint density at radius 1 is 1.05 bits per heavy atom. The van der Waals surface area contributed by atoms with E-state index in [1.54, 1.807) is 12.1 Å². The second kappa shape index (κ2) is 11.2. The summed E-state index contributed by atoms with van der Waals surface area (Å²) in [5.74, 6) is -1.30. The zero-order valence-electron chi connectivity index (χ0n) is 20.2. The number of hydrogen-bond acceptors (Lipinski definition) is 7. The largest absolute Gasteiger partial charge is 0.481 e. The first kappa shape index (κ1) is 26.5. The Hall–Kier alpha value is -3.57. The molecule has 9 nitrogen and oxygen atoms in total. The Bertz CT molecular complexity index is 1420. The van der Waals surface area contributed by atoms with Crippen LogP contribution in [0.3, 0.4) is 0 Å². The average Bonchev–Trinajstić information content (AvgIpc) is 3.52. The molecule has 0 spiro atoms. The maximum Gasteiger partial charge on any atom is 0.325 e. The molecule has 1 aliphatic rings. The van der Waals surface area contributed by atoms with Crippen LogP contribution in [0.1, 0.15) is 52.0 Å². The Kier molecular flexibility index (Phi) is 8.03. The number of hydrogen-bond donors (Lipinski definition) is 3. The van der Waals surface area contributed by atoms with E-state index in [1.165, 1.54) is 30.5 Å². The fraction of sp³-hybridized carbons (Fsp3) is 0.308. The molecule has 194 valence electrons. The number of aliphatic carboxylic acids is 1. The SMILES string of the molecule is Cc1ccc(NC(=O)Nc2ncc(CS(=O)(=O)c3ccc(CC(=O)O)cc3)s2)c(C(=O)C2CCCC2)c1. The third-order valence-electron chi connectivity index (χ3n) is 6.16. The summed E-state index contributed by atoms with van der Waals surface area (Å²) < 4.78 is 25.6. The number of anilines is 2. The molecule has 1 saturated carbocycles. The van der Waals surface area contributed by atoms with Gasteiger partial charge in [-0.2, -0.15) is 0 Å². The van der Waals surface area contributed by atoms with Crippen molar-refractivity contribution < 1.29 is 27.9 Å². The highest BCUT2D eigenvalue weighted by Crippen LogP contribution is 2.31. The lowest BCUT2D eigenvalue weighted by Gasteiger charge is -2.14. The Labute approximate surface area is 218 Å². The van der Waals surface area contributed by atoms with Gasteiger partial charge in [0.2, 0.25) is 0 Å². The zero-order chi connectivity index (χ0) is 26.6. The third kappa shape index (κ3) is 6.80. The van der Waals surface area contributed by atoms with Gasteiger partial charge in [-0.3, -0.25) is 14.9 Å². The normalized spacial score (nSPS) is 13.9. The molecule has 1 fully saturated rings. The summed E-state index contributed by atoms with van der Waals surface area (Å²) in [7, 11) is -3.69. The van der Waals surface area contributed by atoms with Gasteiger partial charge in [0.05, 0.1) is 22.8 Å². The number of nitrogens with zero attached hydrogens (tertiary/aromatic N) is 1. The number of aromatic nitrogens is 1. The summed E-state index contributed by atoms with van der Waals surface area (Å²) >= 11 is 1.03. The first-order valence-corrected chi connectivity index (χ1v) is 14.3. The molecule has 4 rings (SSSR count). The van der Waals surface area contributed by atoms with Crippen molar-refractivity contribution in [1.82, 2.24) is 4.98 Å². The molecule has 0 radical (unpaired) electrons. The molecule has 0 saturated heterocycles. The van der Waals surface area contributed by atoms with Crippen LogP contribution in [0, 0.1) is 12.8 Å². The van der Waals surface area contributed by atoms with Gasteiger partial charge in [0.25, 0.3) is 0 Å². The van der Waals surface area contributed by atoms with Gasteiger partial charge in [0.15, 0.2) is 20.8 Å². The number of benzene rings is 2. The van der Waals surface area contributed by atoms with Gasteiger partial charge in [-0.05, 0) is 49.6 Å². The predicted molar refractivity (Wildman–Crippen MR) is 141 cm³/mol. The van der Waals surface area contributed by atoms with E-state index in [1.807, 2.05) is 13.0 Å². The highest BCUT2D eigenvalue weighted by atomic mass is 32.2. The second-order valence-electron chi connectivity index (χ2n) is 9.08. The molecule has 11 heteroatoms. The molecule has 2 aromatic carbocycles. The second-order valence-corrected chi connectivity index (χ2v) is 12.2. The lowest BCUT2D eigenvalue weighted by molar-refractivity contribution is -0.136. The summed E-state index contributed by atoms with van der Waals surface area (Å²) in [5.41, 5.74) is 2.34. The number of carboxylic acids is 1. The van der Waals surface area contributed by atoms with Crippen molar-refractivity contribution >= 4 is 49.8 Å². The average molecular weight is 542 g/mol. The topological polar surface area (TPSA) is 143 Å². The molecular weight excluding hydrogens is 514 g/mol. The van der Waals surface area contributed by atoms with Gasteiger partial charge in [-0.15, -0.1) is 11.3 Å². The van der Waals surface area contributed by atoms with Crippen molar-refractivity contribution in [3.8, 4) is 0 Å². The van der Waals surface area contributed by atoms with Crippen LogP contribution < -0.4 is 10.6 Å². The standard InChI is InChI=1S/C26H27N3O6S2/c1-16-6-11-22(21(12-16)24(32)18-4-2-3-5-18)28-25(33)29-26-27-14-19(36-26)15-37(34,35)20-9-7-17(8-10-20)13-23(30)31/h6-12,14,18H,2-5,13,15H2,1H3,(H,30,31)(H2,27,28,29,33). The molecule has 1 aromatic heterocycles. The third-order valence-corrected chi connectivity index (χ3v) is 8.94. The number of urea groups is 1. The minimum absolute atomic E-state index is 0.0257. The molecule has 0 atom stereocenters. The zero-order valence-corrected chi connectivity index (χ0v) is 21.8. The minimum Gasteiger partial charge on any atom is -0.481 e. The lowest BCUT2D eigenvalue weighted by atomic mass is 9.94. The van der Waals surface area contributed by atoms with Crippen LogP contribution in [0.25, 0.3) is 0 Å². The fourth-order valence-electron chi connectivity index (χ4n) is 4.32. The van der Waals surface area contributed by atoms with Crippen molar-refractivity contribution in [1.29, 1.82) is 0 Å². The fourth-order valence-corrected chi connectivity index (χ4v) is 6.79. The van der Waals surface area contributed by atoms with Crippen molar-refractivity contribution in [2.24, 2.45) is 5.92 Å². The van der Waals surface area contributed by atoms with E-state index in [-0.39, 0.29) is 33.9 Å². The number of nitrogens with one attached hydrogen (secondary N) is 2. The number of Topliss-reactive ketones (excluding diaryl/α,β-unsaturated/α-hetero) is 1.